The first-order chi connectivity index (χ1) is 9.22. The highest BCUT2D eigenvalue weighted by Crippen LogP contribution is 2.53. The molecule has 2 aliphatic rings. The number of isocyanates is 1. The molecule has 1 fully saturated rings. The van der Waals surface area contributed by atoms with E-state index in [2.05, 4.69) is 4.99 Å². The molecule has 0 N–H and O–H groups in total. The number of hydrogen-bond donors (Lipinski definition) is 0. The standard InChI is InChI=1S/C14H14ClNO3/c1-2-9-12(14(16-7-17)4-3-5-14)10(15)6-11-13(9)19-8-18-11/h6H,2-5,8H2,1H3. The average molecular weight is 280 g/mol. The quantitative estimate of drug-likeness (QED) is 0.630. The van der Waals surface area contributed by atoms with Crippen LogP contribution in [-0.4, -0.2) is 12.9 Å². The van der Waals surface area contributed by atoms with Crippen LogP contribution in [0.5, 0.6) is 11.5 Å². The van der Waals surface area contributed by atoms with Gasteiger partial charge in [-0.15, -0.1) is 0 Å². The zero-order valence-electron chi connectivity index (χ0n) is 10.7. The molecule has 3 rings (SSSR count). The fraction of sp³-hybridized carbons (Fsp3) is 0.500. The number of carbonyl (C=O) groups excluding carboxylic acids is 1. The molecular formula is C14H14ClNO3. The SMILES string of the molecule is CCc1c2c(cc(Cl)c1C1(N=C=O)CCC1)OCO2. The van der Waals surface area contributed by atoms with Crippen LogP contribution in [0.4, 0.5) is 0 Å². The second-order valence-corrected chi connectivity index (χ2v) is 5.29. The first-order valence-electron chi connectivity index (χ1n) is 6.42. The maximum atomic E-state index is 10.7. The average Bonchev–Trinajstić information content (AvgIpc) is 2.80. The molecule has 1 saturated carbocycles. The van der Waals surface area contributed by atoms with Crippen molar-refractivity contribution in [2.45, 2.75) is 38.1 Å². The summed E-state index contributed by atoms with van der Waals surface area (Å²) in [5, 5.41) is 0.597. The minimum Gasteiger partial charge on any atom is -0.454 e. The molecule has 1 aliphatic heterocycles. The van der Waals surface area contributed by atoms with E-state index in [0.717, 1.165) is 42.6 Å². The fourth-order valence-corrected chi connectivity index (χ4v) is 3.32. The van der Waals surface area contributed by atoms with Crippen molar-refractivity contribution in [2.24, 2.45) is 4.99 Å². The van der Waals surface area contributed by atoms with Crippen molar-refractivity contribution in [1.82, 2.24) is 0 Å². The van der Waals surface area contributed by atoms with Crippen LogP contribution >= 0.6 is 11.6 Å². The Morgan fingerprint density at radius 3 is 2.84 bits per heavy atom. The van der Waals surface area contributed by atoms with Crippen LogP contribution in [0.3, 0.4) is 0 Å². The van der Waals surface area contributed by atoms with Gasteiger partial charge < -0.3 is 9.47 Å². The topological polar surface area (TPSA) is 47.9 Å². The second-order valence-electron chi connectivity index (χ2n) is 4.89. The second kappa shape index (κ2) is 4.55. The van der Waals surface area contributed by atoms with Gasteiger partial charge in [0.25, 0.3) is 0 Å². The third-order valence-electron chi connectivity index (χ3n) is 3.97. The van der Waals surface area contributed by atoms with Crippen molar-refractivity contribution in [3.63, 3.8) is 0 Å². The lowest BCUT2D eigenvalue weighted by molar-refractivity contribution is 0.173. The fourth-order valence-electron chi connectivity index (χ4n) is 2.93. The van der Waals surface area contributed by atoms with Crippen molar-refractivity contribution in [3.8, 4) is 11.5 Å². The van der Waals surface area contributed by atoms with Gasteiger partial charge in [-0.25, -0.2) is 4.79 Å². The summed E-state index contributed by atoms with van der Waals surface area (Å²) in [7, 11) is 0. The van der Waals surface area contributed by atoms with Crippen molar-refractivity contribution >= 4 is 17.7 Å². The van der Waals surface area contributed by atoms with Gasteiger partial charge in [-0.1, -0.05) is 18.5 Å². The van der Waals surface area contributed by atoms with Crippen molar-refractivity contribution in [3.05, 3.63) is 22.2 Å². The van der Waals surface area contributed by atoms with Gasteiger partial charge in [0.1, 0.15) is 5.54 Å². The number of hydrogen-bond acceptors (Lipinski definition) is 4. The first-order valence-corrected chi connectivity index (χ1v) is 6.80. The highest BCUT2D eigenvalue weighted by atomic mass is 35.5. The van der Waals surface area contributed by atoms with Gasteiger partial charge in [0.15, 0.2) is 11.5 Å². The van der Waals surface area contributed by atoms with Crippen LogP contribution in [0.2, 0.25) is 5.02 Å². The lowest BCUT2D eigenvalue weighted by Crippen LogP contribution is -2.33. The Labute approximate surface area is 116 Å². The summed E-state index contributed by atoms with van der Waals surface area (Å²) < 4.78 is 10.9. The Morgan fingerprint density at radius 2 is 2.26 bits per heavy atom. The van der Waals surface area contributed by atoms with Gasteiger partial charge in [0.05, 0.1) is 5.02 Å². The number of nitrogens with zero attached hydrogens (tertiary/aromatic N) is 1. The van der Waals surface area contributed by atoms with Gasteiger partial charge in [0, 0.05) is 17.2 Å². The summed E-state index contributed by atoms with van der Waals surface area (Å²) in [6.07, 6.45) is 5.16. The molecule has 4 nitrogen and oxygen atoms in total. The third kappa shape index (κ3) is 1.75. The zero-order chi connectivity index (χ0) is 13.5. The van der Waals surface area contributed by atoms with Crippen LogP contribution in [0, 0.1) is 0 Å². The molecule has 0 saturated heterocycles. The third-order valence-corrected chi connectivity index (χ3v) is 4.27. The minimum absolute atomic E-state index is 0.214. The molecule has 0 radical (unpaired) electrons. The van der Waals surface area contributed by atoms with E-state index in [0.29, 0.717) is 10.8 Å². The maximum Gasteiger partial charge on any atom is 0.235 e. The molecule has 19 heavy (non-hydrogen) atoms. The molecular weight excluding hydrogens is 266 g/mol. The number of fused-ring (bicyclic) bond motifs is 1. The number of benzene rings is 1. The maximum absolute atomic E-state index is 10.7. The van der Waals surface area contributed by atoms with Crippen LogP contribution in [-0.2, 0) is 16.8 Å². The van der Waals surface area contributed by atoms with E-state index >= 15 is 0 Å². The molecule has 0 amide bonds. The van der Waals surface area contributed by atoms with Gasteiger partial charge in [-0.05, 0) is 25.7 Å². The molecule has 0 spiro atoms. The molecule has 0 unspecified atom stereocenters. The summed E-state index contributed by atoms with van der Waals surface area (Å²) in [5.74, 6) is 1.42. The molecule has 5 heteroatoms. The minimum atomic E-state index is -0.509. The molecule has 1 aliphatic carbocycles. The first kappa shape index (κ1) is 12.5. The lowest BCUT2D eigenvalue weighted by atomic mass is 9.70. The Morgan fingerprint density at radius 1 is 1.47 bits per heavy atom. The van der Waals surface area contributed by atoms with E-state index in [4.69, 9.17) is 21.1 Å². The number of rotatable bonds is 3. The van der Waals surface area contributed by atoms with Crippen molar-refractivity contribution in [2.75, 3.05) is 6.79 Å². The smallest absolute Gasteiger partial charge is 0.235 e. The van der Waals surface area contributed by atoms with Crippen LogP contribution in [0.15, 0.2) is 11.1 Å². The van der Waals surface area contributed by atoms with E-state index in [9.17, 15) is 4.79 Å². The lowest BCUT2D eigenvalue weighted by Gasteiger charge is -2.39. The summed E-state index contributed by atoms with van der Waals surface area (Å²) >= 11 is 6.40. The number of halogens is 1. The summed E-state index contributed by atoms with van der Waals surface area (Å²) in [6, 6.07) is 1.76. The van der Waals surface area contributed by atoms with E-state index in [1.54, 1.807) is 12.1 Å². The van der Waals surface area contributed by atoms with E-state index in [1.165, 1.54) is 0 Å². The van der Waals surface area contributed by atoms with Gasteiger partial charge >= 0.3 is 0 Å². The van der Waals surface area contributed by atoms with E-state index < -0.39 is 5.54 Å². The number of ether oxygens (including phenoxy) is 2. The Kier molecular flexibility index (Phi) is 3.00. The summed E-state index contributed by atoms with van der Waals surface area (Å²) in [4.78, 5) is 14.8. The van der Waals surface area contributed by atoms with Gasteiger partial charge in [-0.3, -0.25) is 0 Å². The Bertz CT molecular complexity index is 575. The highest BCUT2D eigenvalue weighted by Gasteiger charge is 2.43. The summed E-state index contributed by atoms with van der Waals surface area (Å²) in [6.45, 7) is 2.25. The predicted molar refractivity (Wildman–Crippen MR) is 70.6 cm³/mol. The van der Waals surface area contributed by atoms with Crippen LogP contribution < -0.4 is 9.47 Å². The van der Waals surface area contributed by atoms with Crippen molar-refractivity contribution < 1.29 is 14.3 Å². The molecule has 100 valence electrons. The Balaban J connectivity index is 2.23. The van der Waals surface area contributed by atoms with E-state index in [-0.39, 0.29) is 6.79 Å². The monoisotopic (exact) mass is 279 g/mol. The highest BCUT2D eigenvalue weighted by molar-refractivity contribution is 6.32. The molecule has 0 aromatic heterocycles. The van der Waals surface area contributed by atoms with Crippen molar-refractivity contribution in [1.29, 1.82) is 0 Å². The molecule has 0 atom stereocenters. The van der Waals surface area contributed by atoms with Crippen LogP contribution in [0.1, 0.15) is 37.3 Å². The van der Waals surface area contributed by atoms with E-state index in [1.807, 2.05) is 6.92 Å². The molecule has 1 aromatic rings. The van der Waals surface area contributed by atoms with Gasteiger partial charge in [-0.2, -0.15) is 4.99 Å². The molecule has 0 bridgehead atoms. The summed E-state index contributed by atoms with van der Waals surface area (Å²) in [5.41, 5.74) is 1.40. The Hall–Kier alpha value is -1.51. The molecule has 1 aromatic carbocycles. The molecule has 1 heterocycles. The van der Waals surface area contributed by atoms with Crippen LogP contribution in [0.25, 0.3) is 0 Å². The largest absolute Gasteiger partial charge is 0.454 e. The number of aliphatic imine (C=N–C) groups is 1. The predicted octanol–water partition coefficient (Wildman–Crippen LogP) is 3.35. The van der Waals surface area contributed by atoms with Gasteiger partial charge in [0.2, 0.25) is 12.9 Å². The normalized spacial score (nSPS) is 18.6. The zero-order valence-corrected chi connectivity index (χ0v) is 11.4.